The summed E-state index contributed by atoms with van der Waals surface area (Å²) in [5.41, 5.74) is -1.07. The highest BCUT2D eigenvalue weighted by Gasteiger charge is 2.44. The van der Waals surface area contributed by atoms with E-state index in [1.807, 2.05) is 13.8 Å². The normalized spacial score (nSPS) is 22.3. The first-order chi connectivity index (χ1) is 15.3. The number of nitrogens with one attached hydrogen (secondary N) is 3. The third kappa shape index (κ3) is 5.99. The molecule has 1 heterocycles. The van der Waals surface area contributed by atoms with Crippen LogP contribution in [-0.2, 0) is 19.1 Å². The third-order valence-electron chi connectivity index (χ3n) is 6.94. The van der Waals surface area contributed by atoms with E-state index in [-0.39, 0.29) is 23.9 Å². The van der Waals surface area contributed by atoms with Gasteiger partial charge in [0, 0.05) is 19.1 Å². The van der Waals surface area contributed by atoms with Crippen molar-refractivity contribution >= 4 is 23.6 Å². The topological polar surface area (TPSA) is 117 Å². The van der Waals surface area contributed by atoms with Crippen LogP contribution in [0.5, 0.6) is 0 Å². The number of morpholine rings is 1. The Labute approximate surface area is 190 Å². The first-order valence-corrected chi connectivity index (χ1v) is 12.1. The van der Waals surface area contributed by atoms with Gasteiger partial charge in [-0.3, -0.25) is 14.4 Å². The fraction of sp³-hybridized carbons (Fsp3) is 0.826. The first kappa shape index (κ1) is 24.5. The predicted octanol–water partition coefficient (Wildman–Crippen LogP) is 1.50. The van der Waals surface area contributed by atoms with E-state index in [9.17, 15) is 19.2 Å². The standard InChI is InChI=1S/C23H38N4O5/c1-16(2)18(19(28)20(29)24-17-8-4-5-9-17)25-21(30)23(10-6-3-7-11-23)26-22(31)27-12-14-32-15-13-27/h16-18H,3-15H2,1-2H3,(H,24,29)(H,25,30)(H,26,31)/t18-/m0/s1. The first-order valence-electron chi connectivity index (χ1n) is 12.1. The Bertz CT molecular complexity index is 693. The second kappa shape index (κ2) is 11.1. The van der Waals surface area contributed by atoms with Crippen LogP contribution in [0.4, 0.5) is 4.79 Å². The smallest absolute Gasteiger partial charge is 0.318 e. The summed E-state index contributed by atoms with van der Waals surface area (Å²) in [6, 6.07) is -1.17. The molecular formula is C23H38N4O5. The van der Waals surface area contributed by atoms with Gasteiger partial charge in [-0.15, -0.1) is 0 Å². The molecule has 0 aromatic carbocycles. The zero-order chi connectivity index (χ0) is 23.1. The third-order valence-corrected chi connectivity index (χ3v) is 6.94. The minimum absolute atomic E-state index is 0.0347. The van der Waals surface area contributed by atoms with Gasteiger partial charge >= 0.3 is 6.03 Å². The molecule has 3 N–H and O–H groups in total. The van der Waals surface area contributed by atoms with E-state index in [2.05, 4.69) is 16.0 Å². The van der Waals surface area contributed by atoms with Crippen LogP contribution >= 0.6 is 0 Å². The van der Waals surface area contributed by atoms with Crippen molar-refractivity contribution in [1.82, 2.24) is 20.9 Å². The number of hydrogen-bond donors (Lipinski definition) is 3. The Morgan fingerprint density at radius 1 is 0.938 bits per heavy atom. The van der Waals surface area contributed by atoms with E-state index in [0.717, 1.165) is 44.9 Å². The lowest BCUT2D eigenvalue weighted by molar-refractivity contribution is -0.142. The highest BCUT2D eigenvalue weighted by atomic mass is 16.5. The summed E-state index contributed by atoms with van der Waals surface area (Å²) in [6.07, 6.45) is 7.54. The van der Waals surface area contributed by atoms with Crippen molar-refractivity contribution in [3.05, 3.63) is 0 Å². The second-order valence-electron chi connectivity index (χ2n) is 9.69. The van der Waals surface area contributed by atoms with E-state index in [4.69, 9.17) is 4.74 Å². The van der Waals surface area contributed by atoms with Gasteiger partial charge in [0.1, 0.15) is 5.54 Å². The Balaban J connectivity index is 1.68. The van der Waals surface area contributed by atoms with Crippen molar-refractivity contribution in [3.8, 4) is 0 Å². The SMILES string of the molecule is CC(C)[C@H](NC(=O)C1(NC(=O)N2CCOCC2)CCCCC1)C(=O)C(=O)NC1CCCC1. The fourth-order valence-corrected chi connectivity index (χ4v) is 4.90. The van der Waals surface area contributed by atoms with Crippen molar-refractivity contribution in [3.63, 3.8) is 0 Å². The molecule has 2 saturated carbocycles. The van der Waals surface area contributed by atoms with Gasteiger partial charge in [-0.05, 0) is 31.6 Å². The van der Waals surface area contributed by atoms with Gasteiger partial charge < -0.3 is 25.6 Å². The molecule has 1 saturated heterocycles. The van der Waals surface area contributed by atoms with Gasteiger partial charge in [-0.1, -0.05) is 46.0 Å². The highest BCUT2D eigenvalue weighted by molar-refractivity contribution is 6.38. The summed E-state index contributed by atoms with van der Waals surface area (Å²) in [5, 5.41) is 8.64. The molecular weight excluding hydrogens is 412 g/mol. The molecule has 1 atom stereocenters. The predicted molar refractivity (Wildman–Crippen MR) is 119 cm³/mol. The molecule has 3 aliphatic rings. The lowest BCUT2D eigenvalue weighted by atomic mass is 9.80. The number of carbonyl (C=O) groups excluding carboxylic acids is 4. The maximum atomic E-state index is 13.5. The van der Waals surface area contributed by atoms with Crippen molar-refractivity contribution < 1.29 is 23.9 Å². The summed E-state index contributed by atoms with van der Waals surface area (Å²) < 4.78 is 5.31. The molecule has 9 nitrogen and oxygen atoms in total. The van der Waals surface area contributed by atoms with E-state index in [0.29, 0.717) is 39.1 Å². The Morgan fingerprint density at radius 3 is 2.16 bits per heavy atom. The maximum absolute atomic E-state index is 13.5. The monoisotopic (exact) mass is 450 g/mol. The average molecular weight is 451 g/mol. The largest absolute Gasteiger partial charge is 0.378 e. The van der Waals surface area contributed by atoms with Crippen molar-refractivity contribution in [1.29, 1.82) is 0 Å². The fourth-order valence-electron chi connectivity index (χ4n) is 4.90. The highest BCUT2D eigenvalue weighted by Crippen LogP contribution is 2.29. The maximum Gasteiger partial charge on any atom is 0.318 e. The van der Waals surface area contributed by atoms with Gasteiger partial charge in [0.15, 0.2) is 0 Å². The molecule has 0 bridgehead atoms. The lowest BCUT2D eigenvalue weighted by Gasteiger charge is -2.40. The molecule has 32 heavy (non-hydrogen) atoms. The lowest BCUT2D eigenvalue weighted by Crippen LogP contribution is -2.65. The van der Waals surface area contributed by atoms with Gasteiger partial charge in [0.25, 0.3) is 5.91 Å². The summed E-state index contributed by atoms with van der Waals surface area (Å²) in [7, 11) is 0. The van der Waals surface area contributed by atoms with Crippen molar-refractivity contribution in [2.45, 2.75) is 89.3 Å². The zero-order valence-corrected chi connectivity index (χ0v) is 19.4. The number of urea groups is 1. The van der Waals surface area contributed by atoms with Gasteiger partial charge in [0.05, 0.1) is 19.3 Å². The summed E-state index contributed by atoms with van der Waals surface area (Å²) in [6.45, 7) is 5.55. The van der Waals surface area contributed by atoms with Gasteiger partial charge in [-0.25, -0.2) is 4.79 Å². The van der Waals surface area contributed by atoms with E-state index < -0.39 is 23.3 Å². The van der Waals surface area contributed by atoms with Crippen LogP contribution in [0.15, 0.2) is 0 Å². The number of rotatable bonds is 7. The zero-order valence-electron chi connectivity index (χ0n) is 19.4. The van der Waals surface area contributed by atoms with E-state index in [1.165, 1.54) is 0 Å². The number of carbonyl (C=O) groups is 4. The summed E-state index contributed by atoms with van der Waals surface area (Å²) in [5.74, 6) is -1.88. The molecule has 3 rings (SSSR count). The Morgan fingerprint density at radius 2 is 1.56 bits per heavy atom. The van der Waals surface area contributed by atoms with Crippen LogP contribution in [0.1, 0.15) is 71.6 Å². The van der Waals surface area contributed by atoms with Crippen molar-refractivity contribution in [2.75, 3.05) is 26.3 Å². The van der Waals surface area contributed by atoms with Crippen LogP contribution in [-0.4, -0.2) is 72.5 Å². The number of hydrogen-bond acceptors (Lipinski definition) is 5. The van der Waals surface area contributed by atoms with Crippen LogP contribution in [0.25, 0.3) is 0 Å². The minimum Gasteiger partial charge on any atom is -0.378 e. The van der Waals surface area contributed by atoms with E-state index >= 15 is 0 Å². The van der Waals surface area contributed by atoms with Crippen LogP contribution in [0.3, 0.4) is 0 Å². The molecule has 0 unspecified atom stereocenters. The number of ether oxygens (including phenoxy) is 1. The molecule has 0 aromatic heterocycles. The number of ketones is 1. The van der Waals surface area contributed by atoms with E-state index in [1.54, 1.807) is 4.90 Å². The average Bonchev–Trinajstić information content (AvgIpc) is 3.30. The minimum atomic E-state index is -1.07. The molecule has 1 aliphatic heterocycles. The Kier molecular flexibility index (Phi) is 8.51. The van der Waals surface area contributed by atoms with Crippen LogP contribution in [0, 0.1) is 5.92 Å². The summed E-state index contributed by atoms with van der Waals surface area (Å²) >= 11 is 0. The molecule has 2 aliphatic carbocycles. The van der Waals surface area contributed by atoms with Crippen LogP contribution in [0.2, 0.25) is 0 Å². The van der Waals surface area contributed by atoms with Gasteiger partial charge in [0.2, 0.25) is 11.7 Å². The molecule has 4 amide bonds. The number of Topliss-reactive ketones (excluding diaryl/α,β-unsaturated/α-hetero) is 1. The molecule has 180 valence electrons. The molecule has 3 fully saturated rings. The molecule has 0 aromatic rings. The van der Waals surface area contributed by atoms with Crippen LogP contribution < -0.4 is 16.0 Å². The summed E-state index contributed by atoms with van der Waals surface area (Å²) in [4.78, 5) is 53.5. The molecule has 0 radical (unpaired) electrons. The van der Waals surface area contributed by atoms with Crippen molar-refractivity contribution in [2.24, 2.45) is 5.92 Å². The molecule has 9 heteroatoms. The Hall–Kier alpha value is -2.16. The second-order valence-corrected chi connectivity index (χ2v) is 9.69. The number of nitrogens with zero attached hydrogens (tertiary/aromatic N) is 1. The van der Waals surface area contributed by atoms with Gasteiger partial charge in [-0.2, -0.15) is 0 Å². The molecule has 0 spiro atoms. The number of amides is 4. The quantitative estimate of drug-likeness (QED) is 0.508.